The highest BCUT2D eigenvalue weighted by Gasteiger charge is 2.21. The minimum atomic E-state index is -0.958. The number of hydrogen-bond acceptors (Lipinski definition) is 3. The van der Waals surface area contributed by atoms with Crippen LogP contribution in [0.3, 0.4) is 0 Å². The Labute approximate surface area is 104 Å². The van der Waals surface area contributed by atoms with E-state index >= 15 is 0 Å². The standard InChI is InChI=1S/C13H13N3O2/c1-8-6-14-16(7-8)12-10(13(17)18)5-9-3-2-4-11(9)15-12/h5-7H,2-4H2,1H3,(H,17,18). The molecule has 0 bridgehead atoms. The van der Waals surface area contributed by atoms with Gasteiger partial charge in [0.25, 0.3) is 0 Å². The van der Waals surface area contributed by atoms with Gasteiger partial charge >= 0.3 is 5.97 Å². The van der Waals surface area contributed by atoms with Crippen molar-refractivity contribution in [3.63, 3.8) is 0 Å². The lowest BCUT2D eigenvalue weighted by Crippen LogP contribution is -2.10. The van der Waals surface area contributed by atoms with Gasteiger partial charge in [-0.1, -0.05) is 0 Å². The van der Waals surface area contributed by atoms with Crippen molar-refractivity contribution >= 4 is 5.97 Å². The molecule has 0 unspecified atom stereocenters. The maximum Gasteiger partial charge on any atom is 0.339 e. The molecule has 0 saturated heterocycles. The first kappa shape index (κ1) is 11.0. The van der Waals surface area contributed by atoms with E-state index in [9.17, 15) is 9.90 Å². The molecule has 5 heteroatoms. The highest BCUT2D eigenvalue weighted by Crippen LogP contribution is 2.24. The SMILES string of the molecule is Cc1cnn(-c2nc3c(cc2C(=O)O)CCC3)c1. The van der Waals surface area contributed by atoms with Gasteiger partial charge in [0, 0.05) is 11.9 Å². The van der Waals surface area contributed by atoms with Crippen molar-refractivity contribution in [2.45, 2.75) is 26.2 Å². The summed E-state index contributed by atoms with van der Waals surface area (Å²) in [6.07, 6.45) is 6.36. The number of aryl methyl sites for hydroxylation is 3. The number of fused-ring (bicyclic) bond motifs is 1. The molecular weight excluding hydrogens is 230 g/mol. The summed E-state index contributed by atoms with van der Waals surface area (Å²) in [6, 6.07) is 1.74. The first-order valence-electron chi connectivity index (χ1n) is 5.93. The lowest BCUT2D eigenvalue weighted by atomic mass is 10.1. The Hall–Kier alpha value is -2.17. The van der Waals surface area contributed by atoms with Gasteiger partial charge in [-0.15, -0.1) is 0 Å². The number of pyridine rings is 1. The lowest BCUT2D eigenvalue weighted by molar-refractivity contribution is 0.0696. The summed E-state index contributed by atoms with van der Waals surface area (Å²) in [5.41, 5.74) is 3.26. The molecule has 5 nitrogen and oxygen atoms in total. The average molecular weight is 243 g/mol. The Kier molecular flexibility index (Phi) is 2.40. The van der Waals surface area contributed by atoms with Crippen LogP contribution in [-0.2, 0) is 12.8 Å². The summed E-state index contributed by atoms with van der Waals surface area (Å²) in [5.74, 6) is -0.545. The van der Waals surface area contributed by atoms with E-state index in [1.54, 1.807) is 18.5 Å². The number of hydrogen-bond donors (Lipinski definition) is 1. The molecule has 1 N–H and O–H groups in total. The van der Waals surface area contributed by atoms with E-state index in [-0.39, 0.29) is 5.56 Å². The molecule has 18 heavy (non-hydrogen) atoms. The quantitative estimate of drug-likeness (QED) is 0.872. The summed E-state index contributed by atoms with van der Waals surface area (Å²) in [6.45, 7) is 1.91. The molecule has 92 valence electrons. The van der Waals surface area contributed by atoms with Crippen molar-refractivity contribution in [3.8, 4) is 5.82 Å². The van der Waals surface area contributed by atoms with Crippen LogP contribution < -0.4 is 0 Å². The van der Waals surface area contributed by atoms with Crippen LogP contribution in [0.15, 0.2) is 18.5 Å². The zero-order valence-electron chi connectivity index (χ0n) is 10.1. The maximum absolute atomic E-state index is 11.3. The van der Waals surface area contributed by atoms with Crippen LogP contribution in [0.25, 0.3) is 5.82 Å². The fraction of sp³-hybridized carbons (Fsp3) is 0.308. The van der Waals surface area contributed by atoms with Crippen molar-refractivity contribution in [2.75, 3.05) is 0 Å². The molecule has 0 spiro atoms. The molecule has 0 atom stereocenters. The number of carboxylic acid groups (broad SMARTS) is 1. The topological polar surface area (TPSA) is 68.0 Å². The first-order chi connectivity index (χ1) is 8.65. The van der Waals surface area contributed by atoms with Gasteiger partial charge in [0.05, 0.1) is 6.20 Å². The van der Waals surface area contributed by atoms with Crippen LogP contribution in [0.1, 0.15) is 33.6 Å². The van der Waals surface area contributed by atoms with Crippen LogP contribution in [0, 0.1) is 6.92 Å². The summed E-state index contributed by atoms with van der Waals surface area (Å²) < 4.78 is 1.54. The zero-order chi connectivity index (χ0) is 12.7. The van der Waals surface area contributed by atoms with Crippen LogP contribution in [-0.4, -0.2) is 25.8 Å². The van der Waals surface area contributed by atoms with Crippen molar-refractivity contribution < 1.29 is 9.90 Å². The number of carbonyl (C=O) groups is 1. The summed E-state index contributed by atoms with van der Waals surface area (Å²) in [4.78, 5) is 15.8. The third kappa shape index (κ3) is 1.68. The lowest BCUT2D eigenvalue weighted by Gasteiger charge is -2.08. The molecular formula is C13H13N3O2. The molecule has 1 aliphatic rings. The molecule has 0 aliphatic heterocycles. The molecule has 2 heterocycles. The van der Waals surface area contributed by atoms with Gasteiger partial charge in [-0.2, -0.15) is 5.10 Å². The normalized spacial score (nSPS) is 13.6. The Balaban J connectivity index is 2.21. The molecule has 3 rings (SSSR count). The van der Waals surface area contributed by atoms with Gasteiger partial charge in [0.2, 0.25) is 0 Å². The minimum Gasteiger partial charge on any atom is -0.478 e. The highest BCUT2D eigenvalue weighted by molar-refractivity contribution is 5.91. The summed E-state index contributed by atoms with van der Waals surface area (Å²) in [5, 5.41) is 13.4. The van der Waals surface area contributed by atoms with E-state index in [2.05, 4.69) is 10.1 Å². The van der Waals surface area contributed by atoms with Crippen LogP contribution in [0.4, 0.5) is 0 Å². The van der Waals surface area contributed by atoms with E-state index in [0.717, 1.165) is 36.1 Å². The third-order valence-electron chi connectivity index (χ3n) is 3.19. The second-order valence-corrected chi connectivity index (χ2v) is 4.59. The van der Waals surface area contributed by atoms with Crippen LogP contribution in [0.5, 0.6) is 0 Å². The Morgan fingerprint density at radius 3 is 2.94 bits per heavy atom. The monoisotopic (exact) mass is 243 g/mol. The molecule has 0 fully saturated rings. The molecule has 2 aromatic rings. The van der Waals surface area contributed by atoms with E-state index < -0.39 is 5.97 Å². The van der Waals surface area contributed by atoms with Crippen molar-refractivity contribution in [1.29, 1.82) is 0 Å². The minimum absolute atomic E-state index is 0.221. The van der Waals surface area contributed by atoms with E-state index in [4.69, 9.17) is 0 Å². The predicted octanol–water partition coefficient (Wildman–Crippen LogP) is 1.76. The summed E-state index contributed by atoms with van der Waals surface area (Å²) in [7, 11) is 0. The van der Waals surface area contributed by atoms with Gasteiger partial charge in [0.1, 0.15) is 5.56 Å². The van der Waals surface area contributed by atoms with Crippen LogP contribution >= 0.6 is 0 Å². The van der Waals surface area contributed by atoms with Gasteiger partial charge in [-0.3, -0.25) is 0 Å². The number of carboxylic acids is 1. The van der Waals surface area contributed by atoms with Crippen molar-refractivity contribution in [2.24, 2.45) is 0 Å². The van der Waals surface area contributed by atoms with Gasteiger partial charge in [-0.25, -0.2) is 14.5 Å². The Morgan fingerprint density at radius 1 is 1.44 bits per heavy atom. The van der Waals surface area contributed by atoms with E-state index in [0.29, 0.717) is 5.82 Å². The van der Waals surface area contributed by atoms with Gasteiger partial charge < -0.3 is 5.11 Å². The van der Waals surface area contributed by atoms with E-state index in [1.807, 2.05) is 6.92 Å². The molecule has 0 radical (unpaired) electrons. The fourth-order valence-electron chi connectivity index (χ4n) is 2.32. The maximum atomic E-state index is 11.3. The smallest absolute Gasteiger partial charge is 0.339 e. The number of nitrogens with zero attached hydrogens (tertiary/aromatic N) is 3. The average Bonchev–Trinajstić information content (AvgIpc) is 2.94. The number of aromatic nitrogens is 3. The third-order valence-corrected chi connectivity index (χ3v) is 3.19. The second kappa shape index (κ2) is 3.94. The van der Waals surface area contributed by atoms with Gasteiger partial charge in [-0.05, 0) is 43.4 Å². The van der Waals surface area contributed by atoms with Crippen molar-refractivity contribution in [3.05, 3.63) is 40.8 Å². The second-order valence-electron chi connectivity index (χ2n) is 4.59. The van der Waals surface area contributed by atoms with E-state index in [1.165, 1.54) is 4.68 Å². The first-order valence-corrected chi connectivity index (χ1v) is 5.93. The molecule has 2 aromatic heterocycles. The molecule has 1 aliphatic carbocycles. The molecule has 0 aromatic carbocycles. The fourth-order valence-corrected chi connectivity index (χ4v) is 2.32. The Morgan fingerprint density at radius 2 is 2.28 bits per heavy atom. The van der Waals surface area contributed by atoms with Crippen LogP contribution in [0.2, 0.25) is 0 Å². The molecule has 0 amide bonds. The summed E-state index contributed by atoms with van der Waals surface area (Å²) >= 11 is 0. The largest absolute Gasteiger partial charge is 0.478 e. The molecule has 0 saturated carbocycles. The number of rotatable bonds is 2. The van der Waals surface area contributed by atoms with Gasteiger partial charge in [0.15, 0.2) is 5.82 Å². The Bertz CT molecular complexity index is 631. The highest BCUT2D eigenvalue weighted by atomic mass is 16.4. The zero-order valence-corrected chi connectivity index (χ0v) is 10.1. The van der Waals surface area contributed by atoms with Crippen molar-refractivity contribution in [1.82, 2.24) is 14.8 Å². The predicted molar refractivity (Wildman–Crippen MR) is 65.1 cm³/mol. The number of aromatic carboxylic acids is 1.